The molecule has 0 heterocycles. The van der Waals surface area contributed by atoms with Crippen LogP contribution < -0.4 is 5.32 Å². The predicted octanol–water partition coefficient (Wildman–Crippen LogP) is 1.17. The summed E-state index contributed by atoms with van der Waals surface area (Å²) in [6.45, 7) is 1.63. The molecule has 1 atom stereocenters. The third-order valence-corrected chi connectivity index (χ3v) is 2.49. The fourth-order valence-electron chi connectivity index (χ4n) is 1.68. The van der Waals surface area contributed by atoms with Gasteiger partial charge in [-0.05, 0) is 24.1 Å². The molecular formula is C11H12N2O5. The first-order valence-corrected chi connectivity index (χ1v) is 5.12. The van der Waals surface area contributed by atoms with Crippen LogP contribution in [0.4, 0.5) is 5.69 Å². The van der Waals surface area contributed by atoms with E-state index >= 15 is 0 Å². The van der Waals surface area contributed by atoms with Gasteiger partial charge in [0.25, 0.3) is 5.69 Å². The van der Waals surface area contributed by atoms with Crippen molar-refractivity contribution >= 4 is 18.1 Å². The molecular weight excluding hydrogens is 240 g/mol. The Hall–Kier alpha value is -2.44. The minimum absolute atomic E-state index is 0.0728. The van der Waals surface area contributed by atoms with Gasteiger partial charge in [0.2, 0.25) is 6.41 Å². The maximum Gasteiger partial charge on any atom is 0.305 e. The Balaban J connectivity index is 3.08. The lowest BCUT2D eigenvalue weighted by Crippen LogP contribution is -2.23. The molecule has 7 heteroatoms. The Morgan fingerprint density at radius 2 is 2.28 bits per heavy atom. The highest BCUT2D eigenvalue weighted by atomic mass is 16.6. The topological polar surface area (TPSA) is 110 Å². The number of hydrogen-bond donors (Lipinski definition) is 2. The first-order valence-electron chi connectivity index (χ1n) is 5.12. The zero-order chi connectivity index (χ0) is 13.7. The standard InChI is InChI=1S/C11H12N2O5/c1-7-4-8(13(17)18)2-3-9(7)10(12-6-14)5-11(15)16/h2-4,6,10H,5H2,1H3,(H,12,14)(H,15,16). The molecule has 0 aliphatic carbocycles. The number of aliphatic carboxylic acids is 1. The Kier molecular flexibility index (Phi) is 4.36. The van der Waals surface area contributed by atoms with Crippen LogP contribution in [-0.4, -0.2) is 22.4 Å². The molecule has 1 unspecified atom stereocenters. The molecule has 2 N–H and O–H groups in total. The summed E-state index contributed by atoms with van der Waals surface area (Å²) < 4.78 is 0. The number of non-ortho nitro benzene ring substituents is 1. The van der Waals surface area contributed by atoms with Gasteiger partial charge < -0.3 is 10.4 Å². The molecule has 1 amide bonds. The summed E-state index contributed by atoms with van der Waals surface area (Å²) >= 11 is 0. The summed E-state index contributed by atoms with van der Waals surface area (Å²) in [4.78, 5) is 31.2. The van der Waals surface area contributed by atoms with E-state index in [-0.39, 0.29) is 12.1 Å². The van der Waals surface area contributed by atoms with E-state index in [1.165, 1.54) is 18.2 Å². The Bertz CT molecular complexity index is 486. The van der Waals surface area contributed by atoms with Crippen molar-refractivity contribution in [3.63, 3.8) is 0 Å². The number of carboxylic acid groups (broad SMARTS) is 1. The molecule has 18 heavy (non-hydrogen) atoms. The van der Waals surface area contributed by atoms with E-state index in [2.05, 4.69) is 5.32 Å². The quantitative estimate of drug-likeness (QED) is 0.448. The second-order valence-corrected chi connectivity index (χ2v) is 3.73. The number of carboxylic acids is 1. The highest BCUT2D eigenvalue weighted by Gasteiger charge is 2.18. The van der Waals surface area contributed by atoms with Crippen LogP contribution in [0, 0.1) is 17.0 Å². The van der Waals surface area contributed by atoms with Crippen molar-refractivity contribution in [2.75, 3.05) is 0 Å². The lowest BCUT2D eigenvalue weighted by atomic mass is 9.98. The zero-order valence-electron chi connectivity index (χ0n) is 9.62. The second kappa shape index (κ2) is 5.76. The van der Waals surface area contributed by atoms with Crippen molar-refractivity contribution in [2.45, 2.75) is 19.4 Å². The molecule has 0 saturated carbocycles. The monoisotopic (exact) mass is 252 g/mol. The van der Waals surface area contributed by atoms with Crippen LogP contribution in [0.15, 0.2) is 18.2 Å². The first kappa shape index (κ1) is 13.6. The number of benzene rings is 1. The summed E-state index contributed by atoms with van der Waals surface area (Å²) in [6.07, 6.45) is 0.131. The number of nitrogens with zero attached hydrogens (tertiary/aromatic N) is 1. The molecule has 1 aromatic rings. The van der Waals surface area contributed by atoms with Crippen molar-refractivity contribution in [1.82, 2.24) is 5.32 Å². The van der Waals surface area contributed by atoms with Crippen molar-refractivity contribution in [2.24, 2.45) is 0 Å². The van der Waals surface area contributed by atoms with E-state index < -0.39 is 16.9 Å². The SMILES string of the molecule is Cc1cc([N+](=O)[O-])ccc1C(CC(=O)O)NC=O. The van der Waals surface area contributed by atoms with Gasteiger partial charge in [-0.25, -0.2) is 0 Å². The normalized spacial score (nSPS) is 11.6. The van der Waals surface area contributed by atoms with Gasteiger partial charge in [0.15, 0.2) is 0 Å². The fourth-order valence-corrected chi connectivity index (χ4v) is 1.68. The van der Waals surface area contributed by atoms with Crippen molar-refractivity contribution < 1.29 is 19.6 Å². The van der Waals surface area contributed by atoms with Crippen LogP contribution in [-0.2, 0) is 9.59 Å². The van der Waals surface area contributed by atoms with Crippen molar-refractivity contribution in [1.29, 1.82) is 0 Å². The number of rotatable bonds is 6. The van der Waals surface area contributed by atoms with Crippen molar-refractivity contribution in [3.8, 4) is 0 Å². The van der Waals surface area contributed by atoms with Crippen LogP contribution >= 0.6 is 0 Å². The number of nitro groups is 1. The number of carbonyl (C=O) groups is 2. The van der Waals surface area contributed by atoms with Gasteiger partial charge in [-0.3, -0.25) is 19.7 Å². The lowest BCUT2D eigenvalue weighted by Gasteiger charge is -2.16. The maximum atomic E-state index is 10.7. The molecule has 0 spiro atoms. The predicted molar refractivity (Wildman–Crippen MR) is 62.0 cm³/mol. The van der Waals surface area contributed by atoms with E-state index in [9.17, 15) is 19.7 Å². The molecule has 0 bridgehead atoms. The van der Waals surface area contributed by atoms with Gasteiger partial charge in [-0.15, -0.1) is 0 Å². The van der Waals surface area contributed by atoms with Gasteiger partial charge in [0.1, 0.15) is 0 Å². The summed E-state index contributed by atoms with van der Waals surface area (Å²) in [5.74, 6) is -1.06. The summed E-state index contributed by atoms with van der Waals surface area (Å²) in [5, 5.41) is 21.7. The number of carbonyl (C=O) groups excluding carboxylic acids is 1. The molecule has 0 aliphatic rings. The highest BCUT2D eigenvalue weighted by molar-refractivity contribution is 5.69. The zero-order valence-corrected chi connectivity index (χ0v) is 9.62. The fraction of sp³-hybridized carbons (Fsp3) is 0.273. The summed E-state index contributed by atoms with van der Waals surface area (Å²) in [5.41, 5.74) is 1.04. The highest BCUT2D eigenvalue weighted by Crippen LogP contribution is 2.24. The summed E-state index contributed by atoms with van der Waals surface area (Å²) in [6, 6.07) is 3.39. The number of nitrogens with one attached hydrogen (secondary N) is 1. The van der Waals surface area contributed by atoms with Gasteiger partial charge in [0, 0.05) is 12.1 Å². The minimum Gasteiger partial charge on any atom is -0.481 e. The second-order valence-electron chi connectivity index (χ2n) is 3.73. The van der Waals surface area contributed by atoms with Crippen LogP contribution in [0.5, 0.6) is 0 Å². The molecule has 0 aromatic heterocycles. The van der Waals surface area contributed by atoms with E-state index in [1.807, 2.05) is 0 Å². The number of nitro benzene ring substituents is 1. The summed E-state index contributed by atoms with van der Waals surface area (Å²) in [7, 11) is 0. The third-order valence-electron chi connectivity index (χ3n) is 2.49. The minimum atomic E-state index is -1.06. The average Bonchev–Trinajstić information content (AvgIpc) is 2.27. The molecule has 96 valence electrons. The van der Waals surface area contributed by atoms with Crippen molar-refractivity contribution in [3.05, 3.63) is 39.4 Å². The third kappa shape index (κ3) is 3.27. The Morgan fingerprint density at radius 3 is 2.72 bits per heavy atom. The van der Waals surface area contributed by atoms with Crippen LogP contribution in [0.2, 0.25) is 0 Å². The van der Waals surface area contributed by atoms with E-state index in [0.717, 1.165) is 0 Å². The van der Waals surface area contributed by atoms with Gasteiger partial charge in [-0.1, -0.05) is 0 Å². The molecule has 0 radical (unpaired) electrons. The number of hydrogen-bond acceptors (Lipinski definition) is 4. The maximum absolute atomic E-state index is 10.7. The molecule has 7 nitrogen and oxygen atoms in total. The molecule has 1 rings (SSSR count). The largest absolute Gasteiger partial charge is 0.481 e. The number of amides is 1. The van der Waals surface area contributed by atoms with Gasteiger partial charge >= 0.3 is 5.97 Å². The smallest absolute Gasteiger partial charge is 0.305 e. The lowest BCUT2D eigenvalue weighted by molar-refractivity contribution is -0.384. The van der Waals surface area contributed by atoms with Crippen LogP contribution in [0.25, 0.3) is 0 Å². The van der Waals surface area contributed by atoms with Crippen LogP contribution in [0.1, 0.15) is 23.6 Å². The molecule has 0 aliphatic heterocycles. The molecule has 1 aromatic carbocycles. The Morgan fingerprint density at radius 1 is 1.61 bits per heavy atom. The van der Waals surface area contributed by atoms with Gasteiger partial charge in [0.05, 0.1) is 17.4 Å². The average molecular weight is 252 g/mol. The molecule has 0 saturated heterocycles. The van der Waals surface area contributed by atoms with E-state index in [0.29, 0.717) is 17.5 Å². The number of aryl methyl sites for hydroxylation is 1. The first-order chi connectivity index (χ1) is 8.45. The Labute approximate surface area is 103 Å². The van der Waals surface area contributed by atoms with Gasteiger partial charge in [-0.2, -0.15) is 0 Å². The van der Waals surface area contributed by atoms with Crippen LogP contribution in [0.3, 0.4) is 0 Å². The van der Waals surface area contributed by atoms with E-state index in [4.69, 9.17) is 5.11 Å². The van der Waals surface area contributed by atoms with E-state index in [1.54, 1.807) is 6.92 Å². The molecule has 0 fully saturated rings.